The van der Waals surface area contributed by atoms with Crippen molar-refractivity contribution in [1.29, 1.82) is 0 Å². The van der Waals surface area contributed by atoms with Gasteiger partial charge in [-0.1, -0.05) is 22.4 Å². The number of rotatable bonds is 0. The number of hydrogen-bond donors (Lipinski definition) is 2. The second kappa shape index (κ2) is 5.47. The van der Waals surface area contributed by atoms with Crippen LogP contribution >= 0.6 is 24.5 Å². The van der Waals surface area contributed by atoms with Crippen LogP contribution in [0.25, 0.3) is 0 Å². The van der Waals surface area contributed by atoms with Gasteiger partial charge in [-0.25, -0.2) is 0 Å². The summed E-state index contributed by atoms with van der Waals surface area (Å²) in [6, 6.07) is 3.29. The third-order valence-electron chi connectivity index (χ3n) is 1.87. The van der Waals surface area contributed by atoms with Crippen LogP contribution in [0.3, 0.4) is 0 Å². The fourth-order valence-corrected chi connectivity index (χ4v) is 3.08. The van der Waals surface area contributed by atoms with E-state index >= 15 is 0 Å². The monoisotopic (exact) mass is 289 g/mol. The van der Waals surface area contributed by atoms with E-state index in [9.17, 15) is 9.90 Å². The van der Waals surface area contributed by atoms with Crippen LogP contribution in [0.1, 0.15) is 24.2 Å². The third kappa shape index (κ3) is 2.50. The molecular formula is C10H13BrNO2P. The van der Waals surface area contributed by atoms with E-state index in [1.165, 1.54) is 0 Å². The highest BCUT2D eigenvalue weighted by atomic mass is 79.9. The first-order valence-corrected chi connectivity index (χ1v) is 6.73. The molecule has 82 valence electrons. The van der Waals surface area contributed by atoms with Crippen molar-refractivity contribution in [1.82, 2.24) is 5.32 Å². The number of hydrogen-bond acceptors (Lipinski definition) is 2. The molecule has 1 heterocycles. The Bertz CT molecular complexity index is 382. The average molecular weight is 290 g/mol. The summed E-state index contributed by atoms with van der Waals surface area (Å²) in [5.41, 5.74) is 0.574. The van der Waals surface area contributed by atoms with Crippen LogP contribution in [0.2, 0.25) is 0 Å². The lowest BCUT2D eigenvalue weighted by Gasteiger charge is -2.18. The molecule has 1 amide bonds. The smallest absolute Gasteiger partial charge is 0.253 e. The molecule has 1 atom stereocenters. The van der Waals surface area contributed by atoms with E-state index in [0.29, 0.717) is 20.4 Å². The van der Waals surface area contributed by atoms with Gasteiger partial charge in [-0.3, -0.25) is 4.79 Å². The first-order chi connectivity index (χ1) is 7.20. The van der Waals surface area contributed by atoms with E-state index in [1.54, 1.807) is 12.1 Å². The Kier molecular flexibility index (Phi) is 4.55. The zero-order valence-corrected chi connectivity index (χ0v) is 11.2. The maximum atomic E-state index is 11.4. The normalized spacial score (nSPS) is 15.0. The third-order valence-corrected chi connectivity index (χ3v) is 3.75. The molecule has 1 aromatic rings. The molecule has 15 heavy (non-hydrogen) atoms. The van der Waals surface area contributed by atoms with Crippen LogP contribution in [0, 0.1) is 0 Å². The van der Waals surface area contributed by atoms with Gasteiger partial charge in [0.25, 0.3) is 5.91 Å². The molecule has 0 fully saturated rings. The lowest BCUT2D eigenvalue weighted by Crippen LogP contribution is -2.32. The number of nitrogens with one attached hydrogen (secondary N) is 1. The molecule has 2 N–H and O–H groups in total. The van der Waals surface area contributed by atoms with Crippen molar-refractivity contribution in [2.24, 2.45) is 0 Å². The number of amides is 1. The van der Waals surface area contributed by atoms with Crippen LogP contribution in [0.15, 0.2) is 16.6 Å². The molecule has 0 radical (unpaired) electrons. The Morgan fingerprint density at radius 3 is 2.73 bits per heavy atom. The molecule has 1 aliphatic heterocycles. The molecule has 5 heteroatoms. The highest BCUT2D eigenvalue weighted by molar-refractivity contribution is 9.10. The average Bonchev–Trinajstić information content (AvgIpc) is 2.26. The van der Waals surface area contributed by atoms with Crippen molar-refractivity contribution in [3.63, 3.8) is 0 Å². The summed E-state index contributed by atoms with van der Waals surface area (Å²) in [5.74, 6) is 0.0999. The van der Waals surface area contributed by atoms with Crippen molar-refractivity contribution in [3.8, 4) is 5.75 Å². The van der Waals surface area contributed by atoms with Crippen molar-refractivity contribution in [2.75, 3.05) is 6.29 Å². The van der Waals surface area contributed by atoms with E-state index in [1.807, 2.05) is 13.8 Å². The Hall–Kier alpha value is -0.600. The van der Waals surface area contributed by atoms with E-state index in [0.717, 1.165) is 9.78 Å². The molecule has 0 bridgehead atoms. The Morgan fingerprint density at radius 2 is 2.13 bits per heavy atom. The van der Waals surface area contributed by atoms with Gasteiger partial charge in [0.05, 0.1) is 5.56 Å². The fourth-order valence-electron chi connectivity index (χ4n) is 1.27. The predicted octanol–water partition coefficient (Wildman–Crippen LogP) is 2.19. The molecule has 1 unspecified atom stereocenters. The van der Waals surface area contributed by atoms with Crippen LogP contribution in [0.4, 0.5) is 0 Å². The summed E-state index contributed by atoms with van der Waals surface area (Å²) in [7, 11) is 0.442. The van der Waals surface area contributed by atoms with Crippen molar-refractivity contribution in [2.45, 2.75) is 13.8 Å². The minimum absolute atomic E-state index is 0.114. The molecule has 0 saturated heterocycles. The summed E-state index contributed by atoms with van der Waals surface area (Å²) in [6.07, 6.45) is 0.621. The summed E-state index contributed by atoms with van der Waals surface area (Å²) in [4.78, 5) is 11.4. The summed E-state index contributed by atoms with van der Waals surface area (Å²) in [6.45, 7) is 4.00. The van der Waals surface area contributed by atoms with Crippen molar-refractivity contribution >= 4 is 35.7 Å². The first kappa shape index (κ1) is 12.5. The van der Waals surface area contributed by atoms with Gasteiger partial charge in [0.1, 0.15) is 5.75 Å². The lowest BCUT2D eigenvalue weighted by molar-refractivity contribution is 0.0959. The Balaban J connectivity index is 0.000000531. The lowest BCUT2D eigenvalue weighted by atomic mass is 10.2. The number of phenolic OH excluding ortho intramolecular Hbond substituents is 1. The zero-order valence-electron chi connectivity index (χ0n) is 8.60. The van der Waals surface area contributed by atoms with E-state index in [4.69, 9.17) is 0 Å². The quantitative estimate of drug-likeness (QED) is 0.720. The van der Waals surface area contributed by atoms with Gasteiger partial charge in [0.15, 0.2) is 0 Å². The highest BCUT2D eigenvalue weighted by Gasteiger charge is 2.21. The van der Waals surface area contributed by atoms with Crippen LogP contribution in [-0.2, 0) is 0 Å². The van der Waals surface area contributed by atoms with Gasteiger partial charge in [-0.15, -0.1) is 0 Å². The Labute approximate surface area is 99.2 Å². The fraction of sp³-hybridized carbons (Fsp3) is 0.300. The molecule has 1 aliphatic rings. The zero-order chi connectivity index (χ0) is 11.4. The maximum absolute atomic E-state index is 11.4. The van der Waals surface area contributed by atoms with Gasteiger partial charge >= 0.3 is 0 Å². The minimum atomic E-state index is -0.114. The molecular weight excluding hydrogens is 277 g/mol. The topological polar surface area (TPSA) is 49.3 Å². The number of carbonyl (C=O) groups is 1. The number of benzene rings is 1. The largest absolute Gasteiger partial charge is 0.507 e. The van der Waals surface area contributed by atoms with Crippen LogP contribution in [-0.4, -0.2) is 17.3 Å². The maximum Gasteiger partial charge on any atom is 0.253 e. The standard InChI is InChI=1S/C8H7BrNO2P.C2H6/c9-4-1-2-5(11)7-6(4)8(12)10-3-13-7;1-2/h1-2,11,13H,3H2,(H,10,12);1-2H3. The van der Waals surface area contributed by atoms with Gasteiger partial charge in [0, 0.05) is 16.1 Å². The van der Waals surface area contributed by atoms with E-state index in [2.05, 4.69) is 21.2 Å². The van der Waals surface area contributed by atoms with Gasteiger partial charge in [0.2, 0.25) is 0 Å². The summed E-state index contributed by atoms with van der Waals surface area (Å²) in [5, 5.41) is 13.0. The molecule has 1 aromatic carbocycles. The SMILES string of the molecule is CC.O=C1NCPc2c(O)ccc(Br)c21. The molecule has 0 saturated carbocycles. The molecule has 0 aliphatic carbocycles. The molecule has 0 aromatic heterocycles. The highest BCUT2D eigenvalue weighted by Crippen LogP contribution is 2.29. The van der Waals surface area contributed by atoms with Crippen LogP contribution in [0.5, 0.6) is 5.75 Å². The molecule has 3 nitrogen and oxygen atoms in total. The van der Waals surface area contributed by atoms with Gasteiger partial charge < -0.3 is 10.4 Å². The van der Waals surface area contributed by atoms with E-state index in [-0.39, 0.29) is 11.7 Å². The van der Waals surface area contributed by atoms with Gasteiger partial charge in [-0.2, -0.15) is 0 Å². The van der Waals surface area contributed by atoms with Crippen molar-refractivity contribution in [3.05, 3.63) is 22.2 Å². The summed E-state index contributed by atoms with van der Waals surface area (Å²) >= 11 is 3.29. The molecule has 0 spiro atoms. The second-order valence-corrected chi connectivity index (χ2v) is 4.74. The Morgan fingerprint density at radius 1 is 1.47 bits per heavy atom. The minimum Gasteiger partial charge on any atom is -0.507 e. The number of phenols is 1. The van der Waals surface area contributed by atoms with E-state index < -0.39 is 0 Å². The number of carbonyl (C=O) groups excluding carboxylic acids is 1. The first-order valence-electron chi connectivity index (χ1n) is 4.73. The number of halogens is 1. The van der Waals surface area contributed by atoms with Crippen molar-refractivity contribution < 1.29 is 9.90 Å². The number of fused-ring (bicyclic) bond motifs is 1. The molecule has 2 rings (SSSR count). The summed E-state index contributed by atoms with van der Waals surface area (Å²) < 4.78 is 0.741. The second-order valence-electron chi connectivity index (χ2n) is 2.68. The number of aromatic hydroxyl groups is 1. The van der Waals surface area contributed by atoms with Gasteiger partial charge in [-0.05, 0) is 28.1 Å². The predicted molar refractivity (Wildman–Crippen MR) is 67.4 cm³/mol. The van der Waals surface area contributed by atoms with Crippen LogP contribution < -0.4 is 10.6 Å².